The van der Waals surface area contributed by atoms with Gasteiger partial charge in [-0.05, 0) is 101 Å². The number of benzene rings is 11. The minimum Gasteiger partial charge on any atom is -0.455 e. The van der Waals surface area contributed by atoms with Crippen LogP contribution < -0.4 is 0 Å². The molecule has 4 heteroatoms. The van der Waals surface area contributed by atoms with Crippen LogP contribution in [0, 0.1) is 0 Å². The van der Waals surface area contributed by atoms with Gasteiger partial charge >= 0.3 is 0 Å². The molecule has 282 valence electrons. The van der Waals surface area contributed by atoms with Crippen molar-refractivity contribution in [1.82, 2.24) is 15.0 Å². The predicted octanol–water partition coefficient (Wildman–Crippen LogP) is 15.4. The standard InChI is InChI=1S/C57H33N3O/c1-3-14-36-30-40(26-24-34(36)12-1)55-58-56(41-27-25-35-13-2-4-15-37(35)31-41)60-57(59-55)49-23-11-22-48-51-32-38-16-5-6-17-42(38)52(54(51)61-53(48)49)39-28-29-47-45-20-8-7-18-43(45)44-19-9-10-21-46(44)50(47)33-39/h1-33H. The van der Waals surface area contributed by atoms with Gasteiger partial charge in [0.25, 0.3) is 0 Å². The monoisotopic (exact) mass is 775 g/mol. The molecular weight excluding hydrogens is 743 g/mol. The molecule has 61 heavy (non-hydrogen) atoms. The molecule has 2 aromatic heterocycles. The van der Waals surface area contributed by atoms with Crippen molar-refractivity contribution in [3.8, 4) is 45.3 Å². The third kappa shape index (κ3) is 5.29. The van der Waals surface area contributed by atoms with E-state index in [9.17, 15) is 0 Å². The van der Waals surface area contributed by atoms with Crippen LogP contribution in [0.25, 0.3) is 132 Å². The van der Waals surface area contributed by atoms with Gasteiger partial charge in [-0.1, -0.05) is 170 Å². The molecule has 13 aromatic rings. The third-order valence-electron chi connectivity index (χ3n) is 12.4. The minimum absolute atomic E-state index is 0.557. The number of nitrogens with zero attached hydrogens (tertiary/aromatic N) is 3. The normalized spacial score (nSPS) is 11.9. The molecule has 13 rings (SSSR count). The highest BCUT2D eigenvalue weighted by molar-refractivity contribution is 6.27. The van der Waals surface area contributed by atoms with E-state index in [2.05, 4.69) is 200 Å². The first-order valence-corrected chi connectivity index (χ1v) is 20.7. The van der Waals surface area contributed by atoms with Crippen molar-refractivity contribution in [2.24, 2.45) is 0 Å². The van der Waals surface area contributed by atoms with E-state index < -0.39 is 0 Å². The predicted molar refractivity (Wildman–Crippen MR) is 254 cm³/mol. The molecule has 4 nitrogen and oxygen atoms in total. The summed E-state index contributed by atoms with van der Waals surface area (Å²) in [5, 5.41) is 16.4. The smallest absolute Gasteiger partial charge is 0.167 e. The lowest BCUT2D eigenvalue weighted by molar-refractivity contribution is 0.671. The van der Waals surface area contributed by atoms with Gasteiger partial charge in [0.1, 0.15) is 11.2 Å². The molecule has 0 unspecified atom stereocenters. The summed E-state index contributed by atoms with van der Waals surface area (Å²) in [6, 6.07) is 71.1. The van der Waals surface area contributed by atoms with Gasteiger partial charge in [-0.3, -0.25) is 0 Å². The van der Waals surface area contributed by atoms with Gasteiger partial charge in [-0.2, -0.15) is 0 Å². The summed E-state index contributed by atoms with van der Waals surface area (Å²) in [5.74, 6) is 1.77. The number of furan rings is 1. The maximum atomic E-state index is 7.21. The SMILES string of the molecule is c1ccc2cc(-c3nc(-c4ccc5ccccc5c4)nc(-c4cccc5c4oc4c(-c6ccc7c8ccccc8c8ccccc8c7c6)c6ccccc6cc45)n3)ccc2c1. The Morgan fingerprint density at radius 3 is 1.36 bits per heavy atom. The Hall–Kier alpha value is -8.21. The van der Waals surface area contributed by atoms with Crippen LogP contribution in [-0.4, -0.2) is 15.0 Å². The van der Waals surface area contributed by atoms with Gasteiger partial charge in [0.05, 0.1) is 5.56 Å². The van der Waals surface area contributed by atoms with E-state index in [1.165, 1.54) is 43.1 Å². The maximum Gasteiger partial charge on any atom is 0.167 e. The van der Waals surface area contributed by atoms with Gasteiger partial charge < -0.3 is 4.42 Å². The molecule has 0 amide bonds. The molecule has 0 aliphatic heterocycles. The summed E-state index contributed by atoms with van der Waals surface area (Å²) < 4.78 is 7.21. The van der Waals surface area contributed by atoms with E-state index >= 15 is 0 Å². The summed E-state index contributed by atoms with van der Waals surface area (Å²) in [5.41, 5.74) is 6.41. The summed E-state index contributed by atoms with van der Waals surface area (Å²) in [7, 11) is 0. The van der Waals surface area contributed by atoms with Gasteiger partial charge in [0, 0.05) is 27.5 Å². The molecule has 11 aromatic carbocycles. The van der Waals surface area contributed by atoms with Crippen LogP contribution >= 0.6 is 0 Å². The van der Waals surface area contributed by atoms with Gasteiger partial charge in [-0.15, -0.1) is 0 Å². The number of fused-ring (bicyclic) bond motifs is 12. The minimum atomic E-state index is 0.557. The van der Waals surface area contributed by atoms with Gasteiger partial charge in [0.2, 0.25) is 0 Å². The van der Waals surface area contributed by atoms with Gasteiger partial charge in [-0.25, -0.2) is 15.0 Å². The lowest BCUT2D eigenvalue weighted by Crippen LogP contribution is -2.00. The molecule has 0 saturated carbocycles. The first kappa shape index (κ1) is 33.7. The van der Waals surface area contributed by atoms with Crippen LogP contribution in [0.15, 0.2) is 205 Å². The summed E-state index contributed by atoms with van der Waals surface area (Å²) in [6.07, 6.45) is 0. The number of rotatable bonds is 4. The van der Waals surface area contributed by atoms with Crippen molar-refractivity contribution in [1.29, 1.82) is 0 Å². The van der Waals surface area contributed by atoms with E-state index in [1.807, 2.05) is 0 Å². The molecule has 0 bridgehead atoms. The highest BCUT2D eigenvalue weighted by Crippen LogP contribution is 2.45. The third-order valence-corrected chi connectivity index (χ3v) is 12.4. The fraction of sp³-hybridized carbons (Fsp3) is 0. The van der Waals surface area contributed by atoms with Crippen molar-refractivity contribution < 1.29 is 4.42 Å². The second kappa shape index (κ2) is 13.2. The number of para-hydroxylation sites is 1. The fourth-order valence-electron chi connectivity index (χ4n) is 9.53. The van der Waals surface area contributed by atoms with Crippen molar-refractivity contribution in [2.75, 3.05) is 0 Å². The Morgan fingerprint density at radius 1 is 0.262 bits per heavy atom. The average molecular weight is 776 g/mol. The zero-order chi connectivity index (χ0) is 40.0. The second-order valence-electron chi connectivity index (χ2n) is 15.9. The van der Waals surface area contributed by atoms with Gasteiger partial charge in [0.15, 0.2) is 17.5 Å². The van der Waals surface area contributed by atoms with Crippen LogP contribution in [0.3, 0.4) is 0 Å². The topological polar surface area (TPSA) is 51.8 Å². The zero-order valence-electron chi connectivity index (χ0n) is 32.8. The maximum absolute atomic E-state index is 7.21. The molecule has 0 atom stereocenters. The summed E-state index contributed by atoms with van der Waals surface area (Å²) in [4.78, 5) is 15.6. The van der Waals surface area contributed by atoms with E-state index in [4.69, 9.17) is 19.4 Å². The van der Waals surface area contributed by atoms with Crippen LogP contribution in [0.2, 0.25) is 0 Å². The van der Waals surface area contributed by atoms with Crippen molar-refractivity contribution in [3.05, 3.63) is 200 Å². The first-order valence-electron chi connectivity index (χ1n) is 20.7. The van der Waals surface area contributed by atoms with Crippen molar-refractivity contribution in [2.45, 2.75) is 0 Å². The summed E-state index contributed by atoms with van der Waals surface area (Å²) >= 11 is 0. The molecule has 0 aliphatic carbocycles. The van der Waals surface area contributed by atoms with Crippen LogP contribution in [0.4, 0.5) is 0 Å². The Bertz CT molecular complexity index is 3820. The average Bonchev–Trinajstić information content (AvgIpc) is 3.71. The lowest BCUT2D eigenvalue weighted by Gasteiger charge is -2.13. The Morgan fingerprint density at radius 2 is 0.738 bits per heavy atom. The van der Waals surface area contributed by atoms with Crippen LogP contribution in [0.5, 0.6) is 0 Å². The fourth-order valence-corrected chi connectivity index (χ4v) is 9.53. The molecular formula is C57H33N3O. The molecule has 0 fully saturated rings. The Labute approximate surface area is 350 Å². The van der Waals surface area contributed by atoms with Crippen molar-refractivity contribution >= 4 is 86.6 Å². The van der Waals surface area contributed by atoms with E-state index in [-0.39, 0.29) is 0 Å². The molecule has 0 spiro atoms. The van der Waals surface area contributed by atoms with Crippen molar-refractivity contribution in [3.63, 3.8) is 0 Å². The van der Waals surface area contributed by atoms with Crippen LogP contribution in [0.1, 0.15) is 0 Å². The first-order chi connectivity index (χ1) is 30.2. The molecule has 0 N–H and O–H groups in total. The molecule has 0 radical (unpaired) electrons. The quantitative estimate of drug-likeness (QED) is 0.167. The van der Waals surface area contributed by atoms with E-state index in [0.717, 1.165) is 71.3 Å². The Kier molecular flexibility index (Phi) is 7.27. The lowest BCUT2D eigenvalue weighted by atomic mass is 9.90. The van der Waals surface area contributed by atoms with E-state index in [0.29, 0.717) is 17.5 Å². The van der Waals surface area contributed by atoms with Crippen LogP contribution in [-0.2, 0) is 0 Å². The highest BCUT2D eigenvalue weighted by Gasteiger charge is 2.22. The number of hydrogen-bond acceptors (Lipinski definition) is 4. The Balaban J connectivity index is 1.07. The number of hydrogen-bond donors (Lipinski definition) is 0. The zero-order valence-corrected chi connectivity index (χ0v) is 32.8. The highest BCUT2D eigenvalue weighted by atomic mass is 16.3. The largest absolute Gasteiger partial charge is 0.455 e. The molecule has 0 aliphatic rings. The molecule has 0 saturated heterocycles. The number of aromatic nitrogens is 3. The second-order valence-corrected chi connectivity index (χ2v) is 15.9. The molecule has 2 heterocycles. The van der Waals surface area contributed by atoms with E-state index in [1.54, 1.807) is 0 Å². The summed E-state index contributed by atoms with van der Waals surface area (Å²) in [6.45, 7) is 0.